The molecule has 3 rings (SSSR count). The molecule has 1 aromatic heterocycles. The second-order valence-electron chi connectivity index (χ2n) is 7.35. The zero-order chi connectivity index (χ0) is 22.6. The maximum absolute atomic E-state index is 11.2. The van der Waals surface area contributed by atoms with Gasteiger partial charge in [-0.05, 0) is 57.2 Å². The van der Waals surface area contributed by atoms with Crippen LogP contribution in [0.25, 0.3) is 12.2 Å². The summed E-state index contributed by atoms with van der Waals surface area (Å²) in [4.78, 5) is 17.0. The van der Waals surface area contributed by atoms with Crippen LogP contribution in [0.4, 0.5) is 0 Å². The van der Waals surface area contributed by atoms with Gasteiger partial charge in [0.2, 0.25) is 0 Å². The van der Waals surface area contributed by atoms with E-state index in [0.717, 1.165) is 24.8 Å². The van der Waals surface area contributed by atoms with E-state index in [0.29, 0.717) is 5.78 Å². The molecule has 1 aromatic carbocycles. The van der Waals surface area contributed by atoms with Gasteiger partial charge in [0.1, 0.15) is 5.78 Å². The molecule has 3 heteroatoms. The van der Waals surface area contributed by atoms with E-state index in [1.54, 1.807) is 24.5 Å². The van der Waals surface area contributed by atoms with Crippen LogP contribution in [-0.4, -0.2) is 36.8 Å². The molecule has 1 heterocycles. The van der Waals surface area contributed by atoms with Gasteiger partial charge in [-0.25, -0.2) is 0 Å². The lowest BCUT2D eigenvalue weighted by Gasteiger charge is -2.04. The van der Waals surface area contributed by atoms with Crippen molar-refractivity contribution in [2.24, 2.45) is 5.92 Å². The number of pyridine rings is 1. The van der Waals surface area contributed by atoms with Gasteiger partial charge in [0.25, 0.3) is 0 Å². The predicted molar refractivity (Wildman–Crippen MR) is 132 cm³/mol. The first-order valence-corrected chi connectivity index (χ1v) is 10.4. The van der Waals surface area contributed by atoms with E-state index in [2.05, 4.69) is 24.7 Å². The Morgan fingerprint density at radius 1 is 0.867 bits per heavy atom. The lowest BCUT2D eigenvalue weighted by atomic mass is 10.00. The molecule has 3 nitrogen and oxygen atoms in total. The fourth-order valence-electron chi connectivity index (χ4n) is 2.52. The molecule has 1 fully saturated rings. The van der Waals surface area contributed by atoms with Crippen LogP contribution in [0.5, 0.6) is 0 Å². The van der Waals surface area contributed by atoms with Crippen molar-refractivity contribution in [1.82, 2.24) is 9.88 Å². The summed E-state index contributed by atoms with van der Waals surface area (Å²) >= 11 is 0. The van der Waals surface area contributed by atoms with Crippen molar-refractivity contribution in [2.75, 3.05) is 21.1 Å². The largest absolute Gasteiger partial charge is 0.312 e. The number of aromatic nitrogens is 1. The molecule has 1 saturated carbocycles. The quantitative estimate of drug-likeness (QED) is 0.428. The molecule has 0 bridgehead atoms. The normalized spacial score (nSPS) is 14.9. The third-order valence-corrected chi connectivity index (χ3v) is 4.11. The Balaban J connectivity index is 0.000000389. The SMILES string of the molecule is C=CC1CCCCCC1=O.C=Cc1ccccc1.C=Cc1ccncc1.CN(C)C. The number of hydrogen-bond acceptors (Lipinski definition) is 3. The summed E-state index contributed by atoms with van der Waals surface area (Å²) in [6.07, 6.45) is 14.2. The molecule has 2 aromatic rings. The number of carbonyl (C=O) groups excluding carboxylic acids is 1. The maximum atomic E-state index is 11.2. The van der Waals surface area contributed by atoms with Gasteiger partial charge in [-0.2, -0.15) is 0 Å². The highest BCUT2D eigenvalue weighted by atomic mass is 16.1. The summed E-state index contributed by atoms with van der Waals surface area (Å²) in [6, 6.07) is 13.8. The lowest BCUT2D eigenvalue weighted by molar-refractivity contribution is -0.121. The molecule has 30 heavy (non-hydrogen) atoms. The first-order chi connectivity index (χ1) is 14.4. The molecule has 0 radical (unpaired) electrons. The van der Waals surface area contributed by atoms with Crippen molar-refractivity contribution in [3.8, 4) is 0 Å². The molecule has 0 N–H and O–H groups in total. The van der Waals surface area contributed by atoms with Crippen LogP contribution in [0.15, 0.2) is 80.7 Å². The summed E-state index contributed by atoms with van der Waals surface area (Å²) in [5.41, 5.74) is 2.28. The number of Topliss-reactive ketones (excluding diaryl/α,β-unsaturated/α-hetero) is 1. The van der Waals surface area contributed by atoms with E-state index in [-0.39, 0.29) is 5.92 Å². The third kappa shape index (κ3) is 15.2. The zero-order valence-corrected chi connectivity index (χ0v) is 19.0. The third-order valence-electron chi connectivity index (χ3n) is 4.11. The van der Waals surface area contributed by atoms with Crippen molar-refractivity contribution < 1.29 is 4.79 Å². The molecule has 1 atom stereocenters. The standard InChI is InChI=1S/C9H14O.C8H8.C7H7N.C3H9N/c1-2-8-6-4-3-5-7-9(8)10;1-2-8-6-4-3-5-7-8;1-2-7-3-5-8-6-4-7;1-4(2)3/h2,8H,1,3-7H2;2-7H,1H2;2-6H,1H2;1-3H3. The second kappa shape index (κ2) is 18.3. The minimum atomic E-state index is 0.169. The van der Waals surface area contributed by atoms with Crippen LogP contribution in [0.2, 0.25) is 0 Å². The van der Waals surface area contributed by atoms with E-state index < -0.39 is 0 Å². The molecular weight excluding hydrogens is 368 g/mol. The summed E-state index contributed by atoms with van der Waals surface area (Å²) in [6.45, 7) is 10.9. The van der Waals surface area contributed by atoms with E-state index in [1.807, 2.05) is 74.6 Å². The monoisotopic (exact) mass is 406 g/mol. The highest BCUT2D eigenvalue weighted by molar-refractivity contribution is 5.82. The number of nitrogens with zero attached hydrogens (tertiary/aromatic N) is 2. The highest BCUT2D eigenvalue weighted by Crippen LogP contribution is 2.20. The maximum Gasteiger partial charge on any atom is 0.139 e. The first-order valence-electron chi connectivity index (χ1n) is 10.4. The van der Waals surface area contributed by atoms with Crippen LogP contribution < -0.4 is 0 Å². The molecule has 162 valence electrons. The van der Waals surface area contributed by atoms with Gasteiger partial charge < -0.3 is 4.90 Å². The minimum Gasteiger partial charge on any atom is -0.312 e. The Bertz CT molecular complexity index is 662. The summed E-state index contributed by atoms with van der Waals surface area (Å²) < 4.78 is 0. The number of carbonyl (C=O) groups is 1. The van der Waals surface area contributed by atoms with Crippen LogP contribution in [-0.2, 0) is 4.79 Å². The van der Waals surface area contributed by atoms with Gasteiger partial charge in [0.05, 0.1) is 0 Å². The summed E-state index contributed by atoms with van der Waals surface area (Å²) in [5, 5.41) is 0. The number of ketones is 1. The van der Waals surface area contributed by atoms with Gasteiger partial charge in [-0.15, -0.1) is 6.58 Å². The molecular formula is C27H38N2O. The van der Waals surface area contributed by atoms with Gasteiger partial charge in [0, 0.05) is 24.7 Å². The van der Waals surface area contributed by atoms with E-state index in [4.69, 9.17) is 0 Å². The van der Waals surface area contributed by atoms with Gasteiger partial charge >= 0.3 is 0 Å². The van der Waals surface area contributed by atoms with Crippen molar-refractivity contribution in [1.29, 1.82) is 0 Å². The van der Waals surface area contributed by atoms with Crippen molar-refractivity contribution in [3.63, 3.8) is 0 Å². The van der Waals surface area contributed by atoms with Crippen LogP contribution in [0.1, 0.15) is 43.2 Å². The molecule has 0 saturated heterocycles. The Labute approximate surface area is 183 Å². The van der Waals surface area contributed by atoms with Gasteiger partial charge in [-0.1, -0.05) is 74.6 Å². The average Bonchev–Trinajstić information content (AvgIpc) is 2.99. The Morgan fingerprint density at radius 3 is 1.83 bits per heavy atom. The van der Waals surface area contributed by atoms with Gasteiger partial charge in [0.15, 0.2) is 0 Å². The Kier molecular flexibility index (Phi) is 16.6. The fourth-order valence-corrected chi connectivity index (χ4v) is 2.52. The zero-order valence-electron chi connectivity index (χ0n) is 19.0. The molecule has 1 aliphatic carbocycles. The van der Waals surface area contributed by atoms with Gasteiger partial charge in [-0.3, -0.25) is 9.78 Å². The van der Waals surface area contributed by atoms with E-state index >= 15 is 0 Å². The van der Waals surface area contributed by atoms with Crippen molar-refractivity contribution in [2.45, 2.75) is 32.1 Å². The lowest BCUT2D eigenvalue weighted by Crippen LogP contribution is -2.08. The molecule has 0 aliphatic heterocycles. The second-order valence-corrected chi connectivity index (χ2v) is 7.35. The molecule has 1 aliphatic rings. The highest BCUT2D eigenvalue weighted by Gasteiger charge is 2.16. The van der Waals surface area contributed by atoms with Crippen LogP contribution >= 0.6 is 0 Å². The van der Waals surface area contributed by atoms with E-state index in [9.17, 15) is 4.79 Å². The number of benzene rings is 1. The molecule has 1 unspecified atom stereocenters. The minimum absolute atomic E-state index is 0.169. The molecule has 0 spiro atoms. The number of allylic oxidation sites excluding steroid dienone is 1. The topological polar surface area (TPSA) is 33.2 Å². The number of hydrogen-bond donors (Lipinski definition) is 0. The fraction of sp³-hybridized carbons (Fsp3) is 0.333. The average molecular weight is 407 g/mol. The smallest absolute Gasteiger partial charge is 0.139 e. The summed E-state index contributed by atoms with van der Waals surface area (Å²) in [7, 11) is 6.00. The Morgan fingerprint density at radius 2 is 1.40 bits per heavy atom. The van der Waals surface area contributed by atoms with E-state index in [1.165, 1.54) is 18.4 Å². The van der Waals surface area contributed by atoms with Crippen molar-refractivity contribution in [3.05, 3.63) is 91.8 Å². The van der Waals surface area contributed by atoms with Crippen LogP contribution in [0, 0.1) is 5.92 Å². The summed E-state index contributed by atoms with van der Waals surface area (Å²) in [5.74, 6) is 0.565. The number of rotatable bonds is 3. The molecule has 0 amide bonds. The van der Waals surface area contributed by atoms with Crippen LogP contribution in [0.3, 0.4) is 0 Å². The van der Waals surface area contributed by atoms with Crippen molar-refractivity contribution >= 4 is 17.9 Å². The predicted octanol–water partition coefficient (Wildman–Crippen LogP) is 6.55. The Hall–Kier alpha value is -2.78. The first kappa shape index (κ1) is 27.2.